The minimum atomic E-state index is 0.503. The predicted octanol–water partition coefficient (Wildman–Crippen LogP) is 3.98. The molecule has 2 aromatic heterocycles. The smallest absolute Gasteiger partial charge is 0.218 e. The number of hydrogen-bond acceptors (Lipinski definition) is 4. The number of rotatable bonds is 4. The van der Waals surface area contributed by atoms with E-state index in [-0.39, 0.29) is 0 Å². The molecule has 20 heavy (non-hydrogen) atoms. The van der Waals surface area contributed by atoms with Crippen LogP contribution in [0, 0.1) is 0 Å². The lowest BCUT2D eigenvalue weighted by atomic mass is 10.2. The van der Waals surface area contributed by atoms with Gasteiger partial charge < -0.3 is 9.73 Å². The summed E-state index contributed by atoms with van der Waals surface area (Å²) < 4.78 is 5.74. The van der Waals surface area contributed by atoms with Crippen LogP contribution < -0.4 is 5.32 Å². The van der Waals surface area contributed by atoms with Gasteiger partial charge in [0, 0.05) is 15.6 Å². The largest absolute Gasteiger partial charge is 0.459 e. The number of benzene rings is 1. The second-order valence-corrected chi connectivity index (χ2v) is 4.98. The van der Waals surface area contributed by atoms with Crippen LogP contribution in [-0.2, 0) is 6.54 Å². The van der Waals surface area contributed by atoms with Crippen molar-refractivity contribution in [1.29, 1.82) is 0 Å². The molecule has 0 saturated heterocycles. The fourth-order valence-corrected chi connectivity index (χ4v) is 2.31. The third-order valence-electron chi connectivity index (χ3n) is 2.65. The SMILES string of the molecule is Clc1cc(Cl)cc(-c2ccc(CNc3ncn[nH]3)o2)c1. The molecule has 2 heterocycles. The zero-order valence-electron chi connectivity index (χ0n) is 10.2. The van der Waals surface area contributed by atoms with E-state index in [4.69, 9.17) is 27.6 Å². The Balaban J connectivity index is 1.76. The molecule has 0 bridgehead atoms. The highest BCUT2D eigenvalue weighted by Crippen LogP contribution is 2.28. The summed E-state index contributed by atoms with van der Waals surface area (Å²) in [5, 5.41) is 10.7. The topological polar surface area (TPSA) is 66.7 Å². The molecule has 0 saturated carbocycles. The summed E-state index contributed by atoms with van der Waals surface area (Å²) in [6, 6.07) is 9.05. The van der Waals surface area contributed by atoms with Crippen molar-refractivity contribution in [3.8, 4) is 11.3 Å². The average molecular weight is 309 g/mol. The van der Waals surface area contributed by atoms with Gasteiger partial charge in [-0.3, -0.25) is 0 Å². The standard InChI is InChI=1S/C13H10Cl2N4O/c14-9-3-8(4-10(15)5-9)12-2-1-11(20-12)6-16-13-17-7-18-19-13/h1-5,7H,6H2,(H2,16,17,18,19). The van der Waals surface area contributed by atoms with E-state index in [0.717, 1.165) is 11.3 Å². The first-order valence-corrected chi connectivity index (χ1v) is 6.61. The minimum Gasteiger partial charge on any atom is -0.459 e. The van der Waals surface area contributed by atoms with Crippen LogP contribution in [0.15, 0.2) is 41.1 Å². The van der Waals surface area contributed by atoms with Crippen LogP contribution >= 0.6 is 23.2 Å². The second kappa shape index (κ2) is 5.56. The molecule has 7 heteroatoms. The number of aromatic nitrogens is 3. The van der Waals surface area contributed by atoms with Gasteiger partial charge in [-0.15, -0.1) is 0 Å². The number of hydrogen-bond donors (Lipinski definition) is 2. The van der Waals surface area contributed by atoms with Crippen molar-refractivity contribution in [1.82, 2.24) is 15.2 Å². The van der Waals surface area contributed by atoms with Crippen LogP contribution in [0.25, 0.3) is 11.3 Å². The first kappa shape index (κ1) is 13.0. The van der Waals surface area contributed by atoms with E-state index in [1.807, 2.05) is 12.1 Å². The maximum atomic E-state index is 5.98. The van der Waals surface area contributed by atoms with Gasteiger partial charge >= 0.3 is 0 Å². The van der Waals surface area contributed by atoms with Crippen LogP contribution in [0.3, 0.4) is 0 Å². The molecule has 0 aliphatic carbocycles. The second-order valence-electron chi connectivity index (χ2n) is 4.11. The highest BCUT2D eigenvalue weighted by molar-refractivity contribution is 6.35. The highest BCUT2D eigenvalue weighted by Gasteiger charge is 2.07. The Morgan fingerprint density at radius 1 is 1.15 bits per heavy atom. The molecule has 0 fully saturated rings. The van der Waals surface area contributed by atoms with Gasteiger partial charge in [0.1, 0.15) is 17.8 Å². The Labute approximate surface area is 124 Å². The van der Waals surface area contributed by atoms with Gasteiger partial charge in [0.2, 0.25) is 5.95 Å². The van der Waals surface area contributed by atoms with Gasteiger partial charge in [0.15, 0.2) is 0 Å². The first-order chi connectivity index (χ1) is 9.70. The summed E-state index contributed by atoms with van der Waals surface area (Å²) in [5.41, 5.74) is 0.841. The summed E-state index contributed by atoms with van der Waals surface area (Å²) in [5.74, 6) is 2.07. The Morgan fingerprint density at radius 3 is 2.65 bits per heavy atom. The Morgan fingerprint density at radius 2 is 1.95 bits per heavy atom. The Bertz CT molecular complexity index is 689. The molecular formula is C13H10Cl2N4O. The zero-order valence-corrected chi connectivity index (χ0v) is 11.7. The number of aromatic amines is 1. The van der Waals surface area contributed by atoms with Gasteiger partial charge in [-0.2, -0.15) is 5.10 Å². The maximum Gasteiger partial charge on any atom is 0.218 e. The van der Waals surface area contributed by atoms with Crippen LogP contribution in [0.2, 0.25) is 10.0 Å². The molecule has 1 aromatic carbocycles. The van der Waals surface area contributed by atoms with Crippen molar-refractivity contribution in [2.45, 2.75) is 6.54 Å². The summed E-state index contributed by atoms with van der Waals surface area (Å²) in [7, 11) is 0. The van der Waals surface area contributed by atoms with E-state index in [0.29, 0.717) is 28.3 Å². The van der Waals surface area contributed by atoms with Gasteiger partial charge in [-0.05, 0) is 30.3 Å². The molecular weight excluding hydrogens is 299 g/mol. The van der Waals surface area contributed by atoms with Crippen LogP contribution in [0.5, 0.6) is 0 Å². The van der Waals surface area contributed by atoms with Gasteiger partial charge in [-0.25, -0.2) is 10.1 Å². The Kier molecular flexibility index (Phi) is 3.62. The normalized spacial score (nSPS) is 10.7. The average Bonchev–Trinajstić information content (AvgIpc) is 3.07. The van der Waals surface area contributed by atoms with Gasteiger partial charge in [0.25, 0.3) is 0 Å². The van der Waals surface area contributed by atoms with Crippen LogP contribution in [0.4, 0.5) is 5.95 Å². The van der Waals surface area contributed by atoms with Crippen LogP contribution in [-0.4, -0.2) is 15.2 Å². The van der Waals surface area contributed by atoms with Crippen molar-refractivity contribution in [3.05, 3.63) is 52.5 Å². The number of anilines is 1. The molecule has 0 radical (unpaired) electrons. The zero-order chi connectivity index (χ0) is 13.9. The molecule has 0 aliphatic rings. The number of nitrogens with one attached hydrogen (secondary N) is 2. The quantitative estimate of drug-likeness (QED) is 0.765. The van der Waals surface area contributed by atoms with Crippen molar-refractivity contribution >= 4 is 29.2 Å². The molecule has 102 valence electrons. The van der Waals surface area contributed by atoms with E-state index in [2.05, 4.69) is 20.5 Å². The monoisotopic (exact) mass is 308 g/mol. The molecule has 5 nitrogen and oxygen atoms in total. The van der Waals surface area contributed by atoms with E-state index in [1.165, 1.54) is 6.33 Å². The number of nitrogens with zero attached hydrogens (tertiary/aromatic N) is 2. The minimum absolute atomic E-state index is 0.503. The molecule has 3 aromatic rings. The third kappa shape index (κ3) is 2.95. The lowest BCUT2D eigenvalue weighted by molar-refractivity contribution is 0.531. The van der Waals surface area contributed by atoms with Crippen molar-refractivity contribution < 1.29 is 4.42 Å². The fraction of sp³-hybridized carbons (Fsp3) is 0.0769. The first-order valence-electron chi connectivity index (χ1n) is 5.85. The number of halogens is 2. The highest BCUT2D eigenvalue weighted by atomic mass is 35.5. The van der Waals surface area contributed by atoms with Crippen molar-refractivity contribution in [2.75, 3.05) is 5.32 Å². The summed E-state index contributed by atoms with van der Waals surface area (Å²) in [6.45, 7) is 0.503. The van der Waals surface area contributed by atoms with Crippen molar-refractivity contribution in [2.24, 2.45) is 0 Å². The van der Waals surface area contributed by atoms with Gasteiger partial charge in [0.05, 0.1) is 6.54 Å². The summed E-state index contributed by atoms with van der Waals surface area (Å²) in [6.07, 6.45) is 1.43. The predicted molar refractivity (Wildman–Crippen MR) is 77.9 cm³/mol. The number of furan rings is 1. The Hall–Kier alpha value is -1.98. The molecule has 0 unspecified atom stereocenters. The summed E-state index contributed by atoms with van der Waals surface area (Å²) in [4.78, 5) is 3.97. The van der Waals surface area contributed by atoms with E-state index < -0.39 is 0 Å². The lowest BCUT2D eigenvalue weighted by Gasteiger charge is -2.01. The van der Waals surface area contributed by atoms with Crippen molar-refractivity contribution in [3.63, 3.8) is 0 Å². The molecule has 0 atom stereocenters. The fourth-order valence-electron chi connectivity index (χ4n) is 1.79. The van der Waals surface area contributed by atoms with E-state index in [1.54, 1.807) is 18.2 Å². The van der Waals surface area contributed by atoms with E-state index in [9.17, 15) is 0 Å². The van der Waals surface area contributed by atoms with E-state index >= 15 is 0 Å². The lowest BCUT2D eigenvalue weighted by Crippen LogP contribution is -1.99. The molecule has 0 spiro atoms. The molecule has 0 amide bonds. The van der Waals surface area contributed by atoms with Gasteiger partial charge in [-0.1, -0.05) is 23.2 Å². The molecule has 0 aliphatic heterocycles. The summed E-state index contributed by atoms with van der Waals surface area (Å²) >= 11 is 12.0. The molecule has 3 rings (SSSR count). The maximum absolute atomic E-state index is 5.98. The van der Waals surface area contributed by atoms with Crippen LogP contribution in [0.1, 0.15) is 5.76 Å². The number of H-pyrrole nitrogens is 1. The molecule has 2 N–H and O–H groups in total. The third-order valence-corrected chi connectivity index (χ3v) is 3.09.